The molecule has 0 saturated heterocycles. The molecule has 1 atom stereocenters. The first-order valence-electron chi connectivity index (χ1n) is 5.38. The third-order valence-electron chi connectivity index (χ3n) is 3.01. The van der Waals surface area contributed by atoms with Crippen LogP contribution < -0.4 is 0 Å². The zero-order valence-electron chi connectivity index (χ0n) is 9.44. The van der Waals surface area contributed by atoms with Crippen molar-refractivity contribution in [1.82, 2.24) is 0 Å². The highest BCUT2D eigenvalue weighted by atomic mass is 32.1. The maximum atomic E-state index is 9.39. The van der Waals surface area contributed by atoms with Crippen molar-refractivity contribution in [2.75, 3.05) is 6.61 Å². The zero-order valence-corrected chi connectivity index (χ0v) is 10.3. The van der Waals surface area contributed by atoms with Crippen LogP contribution in [0.25, 0.3) is 10.1 Å². The average Bonchev–Trinajstić information content (AvgIpc) is 2.73. The summed E-state index contributed by atoms with van der Waals surface area (Å²) in [5, 5.41) is 12.9. The van der Waals surface area contributed by atoms with Gasteiger partial charge in [0, 0.05) is 10.1 Å². The van der Waals surface area contributed by atoms with Crippen LogP contribution in [-0.2, 0) is 6.42 Å². The van der Waals surface area contributed by atoms with E-state index >= 15 is 0 Å². The van der Waals surface area contributed by atoms with Gasteiger partial charge in [0.2, 0.25) is 0 Å². The van der Waals surface area contributed by atoms with E-state index in [4.69, 9.17) is 0 Å². The fraction of sp³-hybridized carbons (Fsp3) is 0.286. The van der Waals surface area contributed by atoms with Gasteiger partial charge in [0.1, 0.15) is 0 Å². The van der Waals surface area contributed by atoms with Crippen LogP contribution in [0.3, 0.4) is 0 Å². The molecule has 0 aliphatic carbocycles. The van der Waals surface area contributed by atoms with Gasteiger partial charge in [-0.05, 0) is 28.8 Å². The van der Waals surface area contributed by atoms with Gasteiger partial charge in [-0.3, -0.25) is 0 Å². The first-order chi connectivity index (χ1) is 7.68. The number of fused-ring (bicyclic) bond motifs is 1. The molecule has 0 bridgehead atoms. The predicted molar refractivity (Wildman–Crippen MR) is 70.9 cm³/mol. The third-order valence-corrected chi connectivity index (χ3v) is 4.02. The highest BCUT2D eigenvalue weighted by Crippen LogP contribution is 2.31. The Hall–Kier alpha value is -1.12. The standard InChI is InChI=1S/C14H16OS/c1-3-14(2,10-15)8-11-9-16-13-7-5-4-6-12(11)13/h3-7,9,15H,1,8,10H2,2H3. The topological polar surface area (TPSA) is 20.2 Å². The minimum absolute atomic E-state index is 0.140. The first-order valence-corrected chi connectivity index (χ1v) is 6.26. The number of benzene rings is 1. The van der Waals surface area contributed by atoms with Crippen molar-refractivity contribution < 1.29 is 5.11 Å². The van der Waals surface area contributed by atoms with Gasteiger partial charge in [0.25, 0.3) is 0 Å². The molecule has 2 heteroatoms. The molecule has 84 valence electrons. The van der Waals surface area contributed by atoms with Crippen LogP contribution in [0, 0.1) is 5.41 Å². The largest absolute Gasteiger partial charge is 0.395 e. The lowest BCUT2D eigenvalue weighted by molar-refractivity contribution is 0.185. The van der Waals surface area contributed by atoms with E-state index in [0.717, 1.165) is 6.42 Å². The highest BCUT2D eigenvalue weighted by Gasteiger charge is 2.21. The molecule has 2 aromatic rings. The molecule has 1 aromatic heterocycles. The van der Waals surface area contributed by atoms with Crippen LogP contribution in [0.5, 0.6) is 0 Å². The van der Waals surface area contributed by atoms with Gasteiger partial charge < -0.3 is 5.11 Å². The Labute approximate surface area is 100 Å². The van der Waals surface area contributed by atoms with E-state index in [9.17, 15) is 5.11 Å². The molecule has 16 heavy (non-hydrogen) atoms. The smallest absolute Gasteiger partial charge is 0.0522 e. The Morgan fingerprint density at radius 3 is 2.88 bits per heavy atom. The molecule has 1 aromatic carbocycles. The van der Waals surface area contributed by atoms with Crippen LogP contribution >= 0.6 is 11.3 Å². The molecule has 1 heterocycles. The summed E-state index contributed by atoms with van der Waals surface area (Å²) in [6, 6.07) is 8.39. The van der Waals surface area contributed by atoms with Crippen LogP contribution in [0.4, 0.5) is 0 Å². The fourth-order valence-electron chi connectivity index (χ4n) is 1.80. The van der Waals surface area contributed by atoms with Crippen molar-refractivity contribution in [2.45, 2.75) is 13.3 Å². The number of hydrogen-bond donors (Lipinski definition) is 1. The summed E-state index contributed by atoms with van der Waals surface area (Å²) >= 11 is 1.76. The van der Waals surface area contributed by atoms with Crippen molar-refractivity contribution in [3.63, 3.8) is 0 Å². The molecule has 1 N–H and O–H groups in total. The van der Waals surface area contributed by atoms with Gasteiger partial charge in [-0.2, -0.15) is 0 Å². The van der Waals surface area contributed by atoms with Gasteiger partial charge in [-0.1, -0.05) is 31.2 Å². The lowest BCUT2D eigenvalue weighted by atomic mass is 9.84. The van der Waals surface area contributed by atoms with Gasteiger partial charge in [0.15, 0.2) is 0 Å². The second kappa shape index (κ2) is 4.40. The molecule has 0 aliphatic heterocycles. The second-order valence-electron chi connectivity index (χ2n) is 4.45. The van der Waals surface area contributed by atoms with Crippen molar-refractivity contribution in [3.8, 4) is 0 Å². The monoisotopic (exact) mass is 232 g/mol. The molecular formula is C14H16OS. The fourth-order valence-corrected chi connectivity index (χ4v) is 2.76. The van der Waals surface area contributed by atoms with Gasteiger partial charge in [-0.25, -0.2) is 0 Å². The van der Waals surface area contributed by atoms with E-state index in [-0.39, 0.29) is 12.0 Å². The van der Waals surface area contributed by atoms with E-state index in [2.05, 4.69) is 36.2 Å². The Morgan fingerprint density at radius 1 is 1.44 bits per heavy atom. The maximum absolute atomic E-state index is 9.39. The minimum Gasteiger partial charge on any atom is -0.395 e. The van der Waals surface area contributed by atoms with E-state index < -0.39 is 0 Å². The zero-order chi connectivity index (χ0) is 11.6. The number of thiophene rings is 1. The minimum atomic E-state index is -0.218. The van der Waals surface area contributed by atoms with E-state index in [1.807, 2.05) is 13.0 Å². The Morgan fingerprint density at radius 2 is 2.19 bits per heavy atom. The Bertz CT molecular complexity index is 500. The number of hydrogen-bond acceptors (Lipinski definition) is 2. The summed E-state index contributed by atoms with van der Waals surface area (Å²) in [6.45, 7) is 5.98. The quantitative estimate of drug-likeness (QED) is 0.798. The highest BCUT2D eigenvalue weighted by molar-refractivity contribution is 7.17. The van der Waals surface area contributed by atoms with Crippen molar-refractivity contribution in [1.29, 1.82) is 0 Å². The number of rotatable bonds is 4. The van der Waals surface area contributed by atoms with Crippen molar-refractivity contribution in [2.24, 2.45) is 5.41 Å². The molecule has 0 fully saturated rings. The summed E-state index contributed by atoms with van der Waals surface area (Å²) in [5.41, 5.74) is 1.08. The molecule has 0 spiro atoms. The lowest BCUT2D eigenvalue weighted by Crippen LogP contribution is -2.20. The summed E-state index contributed by atoms with van der Waals surface area (Å²) in [6.07, 6.45) is 2.69. The molecule has 0 aliphatic rings. The second-order valence-corrected chi connectivity index (χ2v) is 5.36. The van der Waals surface area contributed by atoms with Crippen LogP contribution in [0.1, 0.15) is 12.5 Å². The Kier molecular flexibility index (Phi) is 3.13. The van der Waals surface area contributed by atoms with E-state index in [1.165, 1.54) is 15.6 Å². The van der Waals surface area contributed by atoms with Gasteiger partial charge >= 0.3 is 0 Å². The molecular weight excluding hydrogens is 216 g/mol. The molecule has 0 radical (unpaired) electrons. The van der Waals surface area contributed by atoms with Crippen LogP contribution in [0.15, 0.2) is 42.3 Å². The number of aliphatic hydroxyl groups is 1. The number of aliphatic hydroxyl groups excluding tert-OH is 1. The van der Waals surface area contributed by atoms with E-state index in [1.54, 1.807) is 11.3 Å². The van der Waals surface area contributed by atoms with Crippen molar-refractivity contribution >= 4 is 21.4 Å². The van der Waals surface area contributed by atoms with Gasteiger partial charge in [-0.15, -0.1) is 17.9 Å². The molecule has 0 saturated carbocycles. The lowest BCUT2D eigenvalue weighted by Gasteiger charge is -2.22. The third kappa shape index (κ3) is 2.04. The maximum Gasteiger partial charge on any atom is 0.0522 e. The first kappa shape index (κ1) is 11.4. The summed E-state index contributed by atoms with van der Waals surface area (Å²) in [5.74, 6) is 0. The average molecular weight is 232 g/mol. The Balaban J connectivity index is 2.38. The molecule has 0 amide bonds. The molecule has 2 rings (SSSR count). The summed E-state index contributed by atoms with van der Waals surface area (Å²) in [7, 11) is 0. The summed E-state index contributed by atoms with van der Waals surface area (Å²) < 4.78 is 1.31. The normalized spacial score (nSPS) is 14.9. The van der Waals surface area contributed by atoms with Gasteiger partial charge in [0.05, 0.1) is 6.61 Å². The molecule has 1 nitrogen and oxygen atoms in total. The van der Waals surface area contributed by atoms with Crippen LogP contribution in [-0.4, -0.2) is 11.7 Å². The van der Waals surface area contributed by atoms with E-state index in [0.29, 0.717) is 0 Å². The molecule has 1 unspecified atom stereocenters. The summed E-state index contributed by atoms with van der Waals surface area (Å²) in [4.78, 5) is 0. The van der Waals surface area contributed by atoms with Crippen LogP contribution in [0.2, 0.25) is 0 Å². The predicted octanol–water partition coefficient (Wildman–Crippen LogP) is 3.63. The SMILES string of the molecule is C=CC(C)(CO)Cc1csc2ccccc12. The van der Waals surface area contributed by atoms with Crippen molar-refractivity contribution in [3.05, 3.63) is 47.9 Å².